The Kier molecular flexibility index (Phi) is 10.0. The molecule has 1 saturated carbocycles. The number of carbonyl (C=O) groups excluding carboxylic acids is 2. The zero-order valence-electron chi connectivity index (χ0n) is 13.8. The molecule has 0 aromatic heterocycles. The van der Waals surface area contributed by atoms with E-state index in [-0.39, 0.29) is 23.7 Å². The van der Waals surface area contributed by atoms with E-state index in [2.05, 4.69) is 5.32 Å². The number of amides is 1. The molecule has 1 aliphatic rings. The molecule has 1 aliphatic carbocycles. The summed E-state index contributed by atoms with van der Waals surface area (Å²) in [6.45, 7) is 4.19. The molecule has 0 atom stereocenters. The highest BCUT2D eigenvalue weighted by Crippen LogP contribution is 2.24. The lowest BCUT2D eigenvalue weighted by molar-refractivity contribution is -0.123. The topological polar surface area (TPSA) is 73.9 Å². The quantitative estimate of drug-likeness (QED) is 0.582. The standard InChI is InChI=1S/C16H29NO5/c1-13(18)14-3-5-15(6-4-14)17-16(19)7-8-21-11-12-22-10-9-20-2/h14-15H,3-12H2,1-2H3,(H,17,19). The van der Waals surface area contributed by atoms with Crippen LogP contribution in [0.2, 0.25) is 0 Å². The van der Waals surface area contributed by atoms with Crippen LogP contribution in [0, 0.1) is 5.92 Å². The van der Waals surface area contributed by atoms with Crippen LogP contribution < -0.4 is 5.32 Å². The molecule has 0 saturated heterocycles. The zero-order valence-corrected chi connectivity index (χ0v) is 13.8. The molecule has 0 aromatic rings. The van der Waals surface area contributed by atoms with E-state index in [1.165, 1.54) is 0 Å². The molecule has 1 amide bonds. The predicted molar refractivity (Wildman–Crippen MR) is 82.7 cm³/mol. The van der Waals surface area contributed by atoms with E-state index < -0.39 is 0 Å². The molecule has 0 spiro atoms. The summed E-state index contributed by atoms with van der Waals surface area (Å²) in [5, 5.41) is 3.02. The summed E-state index contributed by atoms with van der Waals surface area (Å²) in [7, 11) is 1.63. The minimum atomic E-state index is 0.0200. The molecule has 6 nitrogen and oxygen atoms in total. The van der Waals surface area contributed by atoms with Crippen molar-refractivity contribution in [2.75, 3.05) is 40.1 Å². The highest BCUT2D eigenvalue weighted by molar-refractivity contribution is 5.78. The summed E-state index contributed by atoms with van der Waals surface area (Å²) in [4.78, 5) is 23.1. The van der Waals surface area contributed by atoms with E-state index in [0.717, 1.165) is 25.7 Å². The molecule has 0 aliphatic heterocycles. The molecule has 0 unspecified atom stereocenters. The number of hydrogen-bond donors (Lipinski definition) is 1. The van der Waals surface area contributed by atoms with Crippen molar-refractivity contribution in [3.05, 3.63) is 0 Å². The first-order valence-corrected chi connectivity index (χ1v) is 8.07. The molecule has 0 heterocycles. The SMILES string of the molecule is COCCOCCOCCC(=O)NC1CCC(C(C)=O)CC1. The van der Waals surface area contributed by atoms with Gasteiger partial charge in [-0.1, -0.05) is 0 Å². The van der Waals surface area contributed by atoms with Gasteiger partial charge in [-0.3, -0.25) is 9.59 Å². The summed E-state index contributed by atoms with van der Waals surface area (Å²) in [5.74, 6) is 0.479. The van der Waals surface area contributed by atoms with Gasteiger partial charge in [0.25, 0.3) is 0 Å². The number of hydrogen-bond acceptors (Lipinski definition) is 5. The van der Waals surface area contributed by atoms with Crippen LogP contribution in [0.4, 0.5) is 0 Å². The third kappa shape index (κ3) is 8.46. The Bertz CT molecular complexity index is 326. The van der Waals surface area contributed by atoms with Gasteiger partial charge in [0.15, 0.2) is 0 Å². The second-order valence-corrected chi connectivity index (χ2v) is 5.69. The average molecular weight is 315 g/mol. The van der Waals surface area contributed by atoms with Gasteiger partial charge >= 0.3 is 0 Å². The van der Waals surface area contributed by atoms with E-state index in [0.29, 0.717) is 39.5 Å². The van der Waals surface area contributed by atoms with Gasteiger partial charge in [-0.2, -0.15) is 0 Å². The highest BCUT2D eigenvalue weighted by atomic mass is 16.5. The molecule has 1 N–H and O–H groups in total. The minimum absolute atomic E-state index is 0.0200. The average Bonchev–Trinajstić information content (AvgIpc) is 2.50. The fraction of sp³-hybridized carbons (Fsp3) is 0.875. The first-order chi connectivity index (χ1) is 10.6. The van der Waals surface area contributed by atoms with Crippen LogP contribution in [0.1, 0.15) is 39.0 Å². The van der Waals surface area contributed by atoms with Crippen molar-refractivity contribution in [2.24, 2.45) is 5.92 Å². The molecule has 0 radical (unpaired) electrons. The van der Waals surface area contributed by atoms with Gasteiger partial charge in [0, 0.05) is 25.5 Å². The van der Waals surface area contributed by atoms with Gasteiger partial charge in [0.1, 0.15) is 5.78 Å². The fourth-order valence-corrected chi connectivity index (χ4v) is 2.57. The molecule has 0 bridgehead atoms. The van der Waals surface area contributed by atoms with Crippen LogP contribution in [-0.4, -0.2) is 57.9 Å². The highest BCUT2D eigenvalue weighted by Gasteiger charge is 2.24. The first kappa shape index (κ1) is 19.1. The number of rotatable bonds is 11. The first-order valence-electron chi connectivity index (χ1n) is 8.07. The van der Waals surface area contributed by atoms with Crippen molar-refractivity contribution >= 4 is 11.7 Å². The van der Waals surface area contributed by atoms with Crippen LogP contribution in [0.5, 0.6) is 0 Å². The Morgan fingerprint density at radius 2 is 1.55 bits per heavy atom. The zero-order chi connectivity index (χ0) is 16.2. The Morgan fingerprint density at radius 1 is 0.955 bits per heavy atom. The normalized spacial score (nSPS) is 21.5. The Morgan fingerprint density at radius 3 is 2.14 bits per heavy atom. The summed E-state index contributed by atoms with van der Waals surface area (Å²) in [5.41, 5.74) is 0. The Hall–Kier alpha value is -0.980. The maximum absolute atomic E-state index is 11.8. The lowest BCUT2D eigenvalue weighted by Crippen LogP contribution is -2.38. The fourth-order valence-electron chi connectivity index (χ4n) is 2.57. The van der Waals surface area contributed by atoms with E-state index in [1.807, 2.05) is 0 Å². The second-order valence-electron chi connectivity index (χ2n) is 5.69. The molecule has 1 rings (SSSR count). The monoisotopic (exact) mass is 315 g/mol. The van der Waals surface area contributed by atoms with Crippen LogP contribution in [-0.2, 0) is 23.8 Å². The maximum Gasteiger partial charge on any atom is 0.222 e. The van der Waals surface area contributed by atoms with Gasteiger partial charge in [0.05, 0.1) is 33.0 Å². The lowest BCUT2D eigenvalue weighted by atomic mass is 9.84. The summed E-state index contributed by atoms with van der Waals surface area (Å²) >= 11 is 0. The third-order valence-electron chi connectivity index (χ3n) is 3.94. The van der Waals surface area contributed by atoms with Crippen molar-refractivity contribution in [3.63, 3.8) is 0 Å². The van der Waals surface area contributed by atoms with Gasteiger partial charge in [-0.15, -0.1) is 0 Å². The van der Waals surface area contributed by atoms with Crippen LogP contribution in [0.3, 0.4) is 0 Å². The van der Waals surface area contributed by atoms with E-state index in [9.17, 15) is 9.59 Å². The number of ketones is 1. The number of ether oxygens (including phenoxy) is 3. The second kappa shape index (κ2) is 11.6. The summed E-state index contributed by atoms with van der Waals surface area (Å²) in [6.07, 6.45) is 3.92. The van der Waals surface area contributed by atoms with Crippen molar-refractivity contribution in [1.29, 1.82) is 0 Å². The van der Waals surface area contributed by atoms with E-state index >= 15 is 0 Å². The van der Waals surface area contributed by atoms with Crippen molar-refractivity contribution < 1.29 is 23.8 Å². The number of nitrogens with one attached hydrogen (secondary N) is 1. The molecule has 6 heteroatoms. The number of Topliss-reactive ketones (excluding diaryl/α,β-unsaturated/α-hetero) is 1. The van der Waals surface area contributed by atoms with Gasteiger partial charge < -0.3 is 19.5 Å². The summed E-state index contributed by atoms with van der Waals surface area (Å²) < 4.78 is 15.5. The lowest BCUT2D eigenvalue weighted by Gasteiger charge is -2.27. The van der Waals surface area contributed by atoms with E-state index in [4.69, 9.17) is 14.2 Å². The van der Waals surface area contributed by atoms with Crippen LogP contribution in [0.15, 0.2) is 0 Å². The molecule has 22 heavy (non-hydrogen) atoms. The maximum atomic E-state index is 11.8. The largest absolute Gasteiger partial charge is 0.382 e. The third-order valence-corrected chi connectivity index (χ3v) is 3.94. The van der Waals surface area contributed by atoms with Crippen molar-refractivity contribution in [1.82, 2.24) is 5.32 Å². The van der Waals surface area contributed by atoms with E-state index in [1.54, 1.807) is 14.0 Å². The molecule has 1 fully saturated rings. The van der Waals surface area contributed by atoms with Crippen LogP contribution >= 0.6 is 0 Å². The predicted octanol–water partition coefficient (Wildman–Crippen LogP) is 1.32. The van der Waals surface area contributed by atoms with Crippen LogP contribution in [0.25, 0.3) is 0 Å². The molecule has 128 valence electrons. The molecule has 0 aromatic carbocycles. The number of carbonyl (C=O) groups is 2. The Labute approximate surface area is 132 Å². The molecular formula is C16H29NO5. The van der Waals surface area contributed by atoms with Gasteiger partial charge in [-0.05, 0) is 32.6 Å². The smallest absolute Gasteiger partial charge is 0.222 e. The summed E-state index contributed by atoms with van der Waals surface area (Å²) in [6, 6.07) is 0.209. The number of methoxy groups -OCH3 is 1. The van der Waals surface area contributed by atoms with Gasteiger partial charge in [-0.25, -0.2) is 0 Å². The molecular weight excluding hydrogens is 286 g/mol. The van der Waals surface area contributed by atoms with Crippen molar-refractivity contribution in [2.45, 2.75) is 45.1 Å². The Balaban J connectivity index is 1.97. The van der Waals surface area contributed by atoms with Crippen molar-refractivity contribution in [3.8, 4) is 0 Å². The van der Waals surface area contributed by atoms with Gasteiger partial charge in [0.2, 0.25) is 5.91 Å². The minimum Gasteiger partial charge on any atom is -0.382 e.